The zero-order chi connectivity index (χ0) is 19.0. The van der Waals surface area contributed by atoms with Gasteiger partial charge in [-0.25, -0.2) is 4.79 Å². The van der Waals surface area contributed by atoms with Gasteiger partial charge in [0.2, 0.25) is 0 Å². The van der Waals surface area contributed by atoms with Crippen LogP contribution in [0.25, 0.3) is 0 Å². The van der Waals surface area contributed by atoms with E-state index in [0.29, 0.717) is 6.04 Å². The van der Waals surface area contributed by atoms with Crippen LogP contribution in [0.2, 0.25) is 0 Å². The topological polar surface area (TPSA) is 92.3 Å². The van der Waals surface area contributed by atoms with Crippen LogP contribution in [0.1, 0.15) is 19.8 Å². The number of urea groups is 1. The van der Waals surface area contributed by atoms with Crippen molar-refractivity contribution in [2.45, 2.75) is 31.3 Å². The summed E-state index contributed by atoms with van der Waals surface area (Å²) in [7, 11) is 1.83. The zero-order valence-corrected chi connectivity index (χ0v) is 19.1. The maximum Gasteiger partial charge on any atom is 0.322 e. The lowest BCUT2D eigenvalue weighted by Crippen LogP contribution is -2.64. The molecule has 0 aromatic carbocycles. The number of halogens is 1. The SMILES string of the molecule is CN=C(NCC1CN2CCN1CC2)N1CCC(C2(C)NC(=O)NC2=O)CC1.I. The molecule has 5 aliphatic rings. The molecule has 28 heavy (non-hydrogen) atoms. The van der Waals surface area contributed by atoms with Gasteiger partial charge >= 0.3 is 6.03 Å². The van der Waals surface area contributed by atoms with Crippen molar-refractivity contribution < 1.29 is 9.59 Å². The van der Waals surface area contributed by atoms with E-state index in [0.717, 1.165) is 45.0 Å². The Bertz CT molecular complexity index is 629. The highest BCUT2D eigenvalue weighted by Crippen LogP contribution is 2.30. The normalized spacial score (nSPS) is 36.0. The summed E-state index contributed by atoms with van der Waals surface area (Å²) >= 11 is 0. The van der Waals surface area contributed by atoms with Gasteiger partial charge in [0, 0.05) is 65.4 Å². The lowest BCUT2D eigenvalue weighted by Gasteiger charge is -2.48. The predicted molar refractivity (Wildman–Crippen MR) is 118 cm³/mol. The molecule has 2 atom stereocenters. The maximum absolute atomic E-state index is 12.2. The molecule has 0 aromatic rings. The van der Waals surface area contributed by atoms with Gasteiger partial charge in [0.05, 0.1) is 0 Å². The number of carbonyl (C=O) groups is 2. The first kappa shape index (κ1) is 21.6. The zero-order valence-electron chi connectivity index (χ0n) is 16.7. The molecule has 3 N–H and O–H groups in total. The minimum absolute atomic E-state index is 0. The first-order chi connectivity index (χ1) is 13.0. The van der Waals surface area contributed by atoms with E-state index in [-0.39, 0.29) is 41.8 Å². The fourth-order valence-electron chi connectivity index (χ4n) is 4.97. The first-order valence-electron chi connectivity index (χ1n) is 10.0. The van der Waals surface area contributed by atoms with Crippen LogP contribution in [0.5, 0.6) is 0 Å². The van der Waals surface area contributed by atoms with Crippen LogP contribution in [0.15, 0.2) is 4.99 Å². The molecule has 10 heteroatoms. The monoisotopic (exact) mass is 505 g/mol. The first-order valence-corrected chi connectivity index (χ1v) is 10.0. The van der Waals surface area contributed by atoms with Crippen LogP contribution >= 0.6 is 24.0 Å². The van der Waals surface area contributed by atoms with E-state index in [1.807, 2.05) is 14.0 Å². The molecule has 5 heterocycles. The number of fused-ring (bicyclic) bond motifs is 3. The summed E-state index contributed by atoms with van der Waals surface area (Å²) in [5.74, 6) is 0.882. The van der Waals surface area contributed by atoms with Crippen molar-refractivity contribution in [2.75, 3.05) is 59.4 Å². The van der Waals surface area contributed by atoms with Crippen LogP contribution in [-0.2, 0) is 4.79 Å². The molecule has 5 aliphatic heterocycles. The van der Waals surface area contributed by atoms with Crippen molar-refractivity contribution in [3.05, 3.63) is 0 Å². The van der Waals surface area contributed by atoms with Gasteiger partial charge in [0.25, 0.3) is 5.91 Å². The van der Waals surface area contributed by atoms with E-state index in [2.05, 4.69) is 35.6 Å². The van der Waals surface area contributed by atoms with Gasteiger partial charge in [-0.3, -0.25) is 24.9 Å². The molecule has 5 fully saturated rings. The van der Waals surface area contributed by atoms with Gasteiger partial charge in [-0.1, -0.05) is 0 Å². The van der Waals surface area contributed by atoms with Crippen LogP contribution in [0.3, 0.4) is 0 Å². The highest BCUT2D eigenvalue weighted by Gasteiger charge is 2.48. The second-order valence-electron chi connectivity index (χ2n) is 8.29. The second-order valence-corrected chi connectivity index (χ2v) is 8.29. The third kappa shape index (κ3) is 4.09. The standard InChI is InChI=1S/C18H31N7O2.HI/c1-18(15(26)21-17(27)22-18)13-3-5-25(6-4-13)16(19-2)20-11-14-12-23-7-9-24(14)10-8-23;/h13-14H,3-12H2,1-2H3,(H,19,20)(H2,21,22,26,27);1H. The fourth-order valence-corrected chi connectivity index (χ4v) is 4.97. The Morgan fingerprint density at radius 2 is 1.86 bits per heavy atom. The van der Waals surface area contributed by atoms with Crippen molar-refractivity contribution in [3.8, 4) is 0 Å². The minimum atomic E-state index is -0.789. The van der Waals surface area contributed by atoms with Crippen molar-refractivity contribution in [1.29, 1.82) is 0 Å². The number of guanidine groups is 1. The Labute approximate surface area is 183 Å². The number of nitrogens with zero attached hydrogens (tertiary/aromatic N) is 4. The second kappa shape index (κ2) is 8.70. The molecule has 0 aliphatic carbocycles. The third-order valence-corrected chi connectivity index (χ3v) is 6.78. The van der Waals surface area contributed by atoms with E-state index in [1.165, 1.54) is 26.2 Å². The van der Waals surface area contributed by atoms with E-state index in [4.69, 9.17) is 0 Å². The van der Waals surface area contributed by atoms with Gasteiger partial charge < -0.3 is 15.5 Å². The number of aliphatic imine (C=N–C) groups is 1. The average Bonchev–Trinajstić information content (AvgIpc) is 2.96. The Morgan fingerprint density at radius 1 is 1.18 bits per heavy atom. The Kier molecular flexibility index (Phi) is 6.70. The number of amides is 3. The number of carbonyl (C=O) groups excluding carboxylic acids is 2. The summed E-state index contributed by atoms with van der Waals surface area (Å²) in [5.41, 5.74) is -0.789. The smallest absolute Gasteiger partial charge is 0.322 e. The molecule has 0 radical (unpaired) electrons. The lowest BCUT2D eigenvalue weighted by atomic mass is 9.79. The highest BCUT2D eigenvalue weighted by atomic mass is 127. The number of likely N-dealkylation sites (tertiary alicyclic amines) is 1. The van der Waals surface area contributed by atoms with Crippen molar-refractivity contribution >= 4 is 41.9 Å². The number of rotatable bonds is 3. The summed E-state index contributed by atoms with van der Waals surface area (Å²) in [6, 6.07) is 0.174. The Morgan fingerprint density at radius 3 is 2.36 bits per heavy atom. The summed E-state index contributed by atoms with van der Waals surface area (Å²) in [5, 5.41) is 8.75. The van der Waals surface area contributed by atoms with Gasteiger partial charge in [0.1, 0.15) is 5.54 Å². The van der Waals surface area contributed by atoms with Gasteiger partial charge in [-0.05, 0) is 25.7 Å². The van der Waals surface area contributed by atoms with E-state index in [9.17, 15) is 9.59 Å². The maximum atomic E-state index is 12.2. The van der Waals surface area contributed by atoms with Crippen LogP contribution in [-0.4, -0.2) is 104 Å². The van der Waals surface area contributed by atoms with Gasteiger partial charge in [-0.2, -0.15) is 0 Å². The quantitative estimate of drug-likeness (QED) is 0.207. The van der Waals surface area contributed by atoms with Gasteiger partial charge in [-0.15, -0.1) is 24.0 Å². The Balaban J connectivity index is 0.00000225. The number of nitrogens with one attached hydrogen (secondary N) is 3. The molecule has 0 aromatic heterocycles. The van der Waals surface area contributed by atoms with Crippen LogP contribution in [0, 0.1) is 5.92 Å². The minimum Gasteiger partial charge on any atom is -0.355 e. The number of piperazine rings is 3. The molecule has 5 rings (SSSR count). The molecular weight excluding hydrogens is 473 g/mol. The van der Waals surface area contributed by atoms with Crippen molar-refractivity contribution in [1.82, 2.24) is 30.7 Å². The molecule has 0 saturated carbocycles. The van der Waals surface area contributed by atoms with Crippen molar-refractivity contribution in [2.24, 2.45) is 10.9 Å². The van der Waals surface area contributed by atoms with E-state index in [1.54, 1.807) is 0 Å². The molecule has 0 spiro atoms. The average molecular weight is 505 g/mol. The predicted octanol–water partition coefficient (Wildman–Crippen LogP) is -0.510. The van der Waals surface area contributed by atoms with Crippen molar-refractivity contribution in [3.63, 3.8) is 0 Å². The molecule has 9 nitrogen and oxygen atoms in total. The lowest BCUT2D eigenvalue weighted by molar-refractivity contribution is -0.125. The number of piperidine rings is 1. The van der Waals surface area contributed by atoms with E-state index < -0.39 is 5.54 Å². The summed E-state index contributed by atoms with van der Waals surface area (Å²) in [4.78, 5) is 35.6. The van der Waals surface area contributed by atoms with Crippen LogP contribution < -0.4 is 16.0 Å². The molecule has 5 saturated heterocycles. The van der Waals surface area contributed by atoms with Gasteiger partial charge in [0.15, 0.2) is 5.96 Å². The largest absolute Gasteiger partial charge is 0.355 e. The number of hydrogen-bond donors (Lipinski definition) is 3. The molecule has 2 unspecified atom stereocenters. The summed E-state index contributed by atoms with van der Waals surface area (Å²) in [6.45, 7) is 10.3. The van der Waals surface area contributed by atoms with Crippen LogP contribution in [0.4, 0.5) is 4.79 Å². The third-order valence-electron chi connectivity index (χ3n) is 6.78. The molecular formula is C18H32IN7O2. The summed E-state index contributed by atoms with van der Waals surface area (Å²) < 4.78 is 0. The molecule has 2 bridgehead atoms. The van der Waals surface area contributed by atoms with E-state index >= 15 is 0 Å². The molecule has 158 valence electrons. The number of imide groups is 1. The number of hydrogen-bond acceptors (Lipinski definition) is 5. The highest BCUT2D eigenvalue weighted by molar-refractivity contribution is 14.0. The molecule has 3 amide bonds. The fraction of sp³-hybridized carbons (Fsp3) is 0.833. The Hall–Kier alpha value is -1.14. The summed E-state index contributed by atoms with van der Waals surface area (Å²) in [6.07, 6.45) is 1.71.